The fraction of sp³-hybridized carbons (Fsp3) is 0.909. The Hall–Kier alpha value is -0.700. The molecule has 0 aliphatic carbocycles. The molecule has 0 bridgehead atoms. The summed E-state index contributed by atoms with van der Waals surface area (Å²) in [4.78, 5) is 13.4. The highest BCUT2D eigenvalue weighted by Crippen LogP contribution is 1.94. The average Bonchev–Trinajstić information content (AvgIpc) is 2.36. The van der Waals surface area contributed by atoms with Gasteiger partial charge >= 0.3 is 0 Å². The molecule has 0 saturated carbocycles. The third-order valence-electron chi connectivity index (χ3n) is 2.72. The third-order valence-corrected chi connectivity index (χ3v) is 4.00. The van der Waals surface area contributed by atoms with Gasteiger partial charge < -0.3 is 15.0 Å². The van der Waals surface area contributed by atoms with Crippen molar-refractivity contribution in [3.8, 4) is 0 Å². The van der Waals surface area contributed by atoms with Crippen molar-refractivity contribution >= 4 is 15.9 Å². The fourth-order valence-electron chi connectivity index (χ4n) is 1.66. The van der Waals surface area contributed by atoms with Crippen molar-refractivity contribution in [2.24, 2.45) is 0 Å². The zero-order valence-electron chi connectivity index (χ0n) is 11.5. The maximum atomic E-state index is 11.8. The minimum Gasteiger partial charge on any atom is -0.378 e. The molecule has 0 aromatic heterocycles. The second-order valence-electron chi connectivity index (χ2n) is 4.69. The average molecular weight is 293 g/mol. The van der Waals surface area contributed by atoms with Crippen LogP contribution < -0.4 is 10.0 Å². The van der Waals surface area contributed by atoms with Crippen LogP contribution in [-0.4, -0.2) is 70.4 Å². The molecule has 0 aromatic rings. The summed E-state index contributed by atoms with van der Waals surface area (Å²) in [5.74, 6) is -0.310. The summed E-state index contributed by atoms with van der Waals surface area (Å²) in [6, 6.07) is 0. The van der Waals surface area contributed by atoms with E-state index in [0.29, 0.717) is 13.1 Å². The molecule has 2 N–H and O–H groups in total. The first kappa shape index (κ1) is 16.4. The molecular weight excluding hydrogens is 270 g/mol. The lowest BCUT2D eigenvalue weighted by molar-refractivity contribution is -0.130. The molecule has 8 heteroatoms. The van der Waals surface area contributed by atoms with Crippen LogP contribution >= 0.6 is 0 Å². The van der Waals surface area contributed by atoms with Crippen LogP contribution in [0.2, 0.25) is 0 Å². The molecule has 0 radical (unpaired) electrons. The molecule has 0 aromatic carbocycles. The van der Waals surface area contributed by atoms with Crippen molar-refractivity contribution < 1.29 is 17.9 Å². The van der Waals surface area contributed by atoms with E-state index in [1.54, 1.807) is 4.90 Å². The summed E-state index contributed by atoms with van der Waals surface area (Å²) < 4.78 is 30.7. The Morgan fingerprint density at radius 1 is 1.37 bits per heavy atom. The number of piperazine rings is 1. The van der Waals surface area contributed by atoms with Crippen molar-refractivity contribution in [1.82, 2.24) is 14.9 Å². The van der Waals surface area contributed by atoms with E-state index in [-0.39, 0.29) is 30.9 Å². The number of carbonyl (C=O) groups excluding carboxylic acids is 1. The molecule has 19 heavy (non-hydrogen) atoms. The Morgan fingerprint density at radius 3 is 2.58 bits per heavy atom. The van der Waals surface area contributed by atoms with Gasteiger partial charge in [-0.05, 0) is 13.8 Å². The van der Waals surface area contributed by atoms with Crippen LogP contribution in [0.3, 0.4) is 0 Å². The molecule has 1 saturated heterocycles. The van der Waals surface area contributed by atoms with Crippen LogP contribution in [0.25, 0.3) is 0 Å². The summed E-state index contributed by atoms with van der Waals surface area (Å²) in [5.41, 5.74) is 0. The predicted octanol–water partition coefficient (Wildman–Crippen LogP) is -1.24. The van der Waals surface area contributed by atoms with Gasteiger partial charge in [-0.3, -0.25) is 4.79 Å². The molecule has 1 fully saturated rings. The first-order chi connectivity index (χ1) is 8.91. The molecule has 1 heterocycles. The van der Waals surface area contributed by atoms with Gasteiger partial charge in [-0.2, -0.15) is 0 Å². The van der Waals surface area contributed by atoms with Crippen molar-refractivity contribution in [3.05, 3.63) is 0 Å². The minimum absolute atomic E-state index is 0.00215. The van der Waals surface area contributed by atoms with Gasteiger partial charge in [0.15, 0.2) is 0 Å². The van der Waals surface area contributed by atoms with E-state index in [4.69, 9.17) is 4.74 Å². The van der Waals surface area contributed by atoms with E-state index in [1.807, 2.05) is 13.8 Å². The zero-order chi connectivity index (χ0) is 14.3. The van der Waals surface area contributed by atoms with Crippen LogP contribution in [0.5, 0.6) is 0 Å². The van der Waals surface area contributed by atoms with Gasteiger partial charge in [-0.1, -0.05) is 0 Å². The van der Waals surface area contributed by atoms with Crippen molar-refractivity contribution in [3.63, 3.8) is 0 Å². The lowest BCUT2D eigenvalue weighted by atomic mass is 10.3. The molecule has 0 unspecified atom stereocenters. The Kier molecular flexibility index (Phi) is 6.70. The number of rotatable bonds is 7. The predicted molar refractivity (Wildman–Crippen MR) is 72.3 cm³/mol. The quantitative estimate of drug-likeness (QED) is 0.613. The SMILES string of the molecule is CC(C)OCCS(=O)(=O)NCC(=O)N1CCNCC1. The second-order valence-corrected chi connectivity index (χ2v) is 6.62. The molecular formula is C11H23N3O4S. The Bertz CT molecular complexity index is 377. The largest absolute Gasteiger partial charge is 0.378 e. The molecule has 7 nitrogen and oxygen atoms in total. The van der Waals surface area contributed by atoms with Gasteiger partial charge in [0.05, 0.1) is 25.0 Å². The maximum Gasteiger partial charge on any atom is 0.237 e. The molecule has 112 valence electrons. The zero-order valence-corrected chi connectivity index (χ0v) is 12.3. The molecule has 1 aliphatic rings. The van der Waals surface area contributed by atoms with Gasteiger partial charge in [0, 0.05) is 26.2 Å². The third kappa shape index (κ3) is 6.86. The number of amides is 1. The maximum absolute atomic E-state index is 11.8. The van der Waals surface area contributed by atoms with Crippen molar-refractivity contribution in [2.75, 3.05) is 45.1 Å². The van der Waals surface area contributed by atoms with Gasteiger partial charge in [0.25, 0.3) is 0 Å². The van der Waals surface area contributed by atoms with E-state index in [2.05, 4.69) is 10.0 Å². The van der Waals surface area contributed by atoms with Crippen molar-refractivity contribution in [2.45, 2.75) is 20.0 Å². The summed E-state index contributed by atoms with van der Waals surface area (Å²) in [6.45, 7) is 6.39. The molecule has 1 amide bonds. The Labute approximate surface area is 114 Å². The highest BCUT2D eigenvalue weighted by molar-refractivity contribution is 7.89. The summed E-state index contributed by atoms with van der Waals surface area (Å²) in [7, 11) is -3.45. The smallest absolute Gasteiger partial charge is 0.237 e. The highest BCUT2D eigenvalue weighted by atomic mass is 32.2. The van der Waals surface area contributed by atoms with Crippen LogP contribution in [-0.2, 0) is 19.6 Å². The number of sulfonamides is 1. The standard InChI is InChI=1S/C11H23N3O4S/c1-10(2)18-7-8-19(16,17)13-9-11(15)14-5-3-12-4-6-14/h10,12-13H,3-9H2,1-2H3. The molecule has 1 rings (SSSR count). The number of carbonyl (C=O) groups is 1. The number of ether oxygens (including phenoxy) is 1. The number of nitrogens with one attached hydrogen (secondary N) is 2. The molecule has 0 spiro atoms. The van der Waals surface area contributed by atoms with Crippen LogP contribution in [0.4, 0.5) is 0 Å². The summed E-state index contributed by atoms with van der Waals surface area (Å²) >= 11 is 0. The molecule has 1 aliphatic heterocycles. The van der Waals surface area contributed by atoms with Crippen LogP contribution in [0.15, 0.2) is 0 Å². The summed E-state index contributed by atoms with van der Waals surface area (Å²) in [6.07, 6.45) is -0.00215. The van der Waals surface area contributed by atoms with E-state index >= 15 is 0 Å². The van der Waals surface area contributed by atoms with E-state index < -0.39 is 10.0 Å². The topological polar surface area (TPSA) is 87.7 Å². The molecule has 0 atom stereocenters. The van der Waals surface area contributed by atoms with Gasteiger partial charge in [0.2, 0.25) is 15.9 Å². The fourth-order valence-corrected chi connectivity index (χ4v) is 2.47. The Balaban J connectivity index is 2.27. The number of nitrogens with zero attached hydrogens (tertiary/aromatic N) is 1. The lowest BCUT2D eigenvalue weighted by Crippen LogP contribution is -2.49. The van der Waals surface area contributed by atoms with Crippen molar-refractivity contribution in [1.29, 1.82) is 0 Å². The van der Waals surface area contributed by atoms with E-state index in [1.165, 1.54) is 0 Å². The normalized spacial score (nSPS) is 16.9. The van der Waals surface area contributed by atoms with Crippen LogP contribution in [0.1, 0.15) is 13.8 Å². The van der Waals surface area contributed by atoms with Crippen LogP contribution in [0, 0.1) is 0 Å². The summed E-state index contributed by atoms with van der Waals surface area (Å²) in [5, 5.41) is 3.13. The monoisotopic (exact) mass is 293 g/mol. The van der Waals surface area contributed by atoms with Gasteiger partial charge in [0.1, 0.15) is 0 Å². The second kappa shape index (κ2) is 7.78. The number of hydrogen-bond acceptors (Lipinski definition) is 5. The van der Waals surface area contributed by atoms with E-state index in [0.717, 1.165) is 13.1 Å². The lowest BCUT2D eigenvalue weighted by Gasteiger charge is -2.27. The first-order valence-corrected chi connectivity index (χ1v) is 8.13. The van der Waals surface area contributed by atoms with Gasteiger partial charge in [-0.15, -0.1) is 0 Å². The van der Waals surface area contributed by atoms with Gasteiger partial charge in [-0.25, -0.2) is 13.1 Å². The highest BCUT2D eigenvalue weighted by Gasteiger charge is 2.18. The van der Waals surface area contributed by atoms with E-state index in [9.17, 15) is 13.2 Å². The Morgan fingerprint density at radius 2 is 2.00 bits per heavy atom. The first-order valence-electron chi connectivity index (χ1n) is 6.48. The minimum atomic E-state index is -3.45. The number of hydrogen-bond donors (Lipinski definition) is 2.